The number of unbranched alkanes of at least 4 members (excludes halogenated alkanes) is 6. The fraction of sp³-hybridized carbons (Fsp3) is 0.593. The first-order chi connectivity index (χ1) is 34.1. The van der Waals surface area contributed by atoms with E-state index < -0.39 is 24.3 Å². The third-order valence-corrected chi connectivity index (χ3v) is 12.6. The average Bonchev–Trinajstić information content (AvgIpc) is 3.39. The predicted molar refractivity (Wildman–Crippen MR) is 256 cm³/mol. The first-order valence-corrected chi connectivity index (χ1v) is 25.2. The summed E-state index contributed by atoms with van der Waals surface area (Å²) >= 11 is 0. The van der Waals surface area contributed by atoms with E-state index in [4.69, 9.17) is 47.4 Å². The third-order valence-electron chi connectivity index (χ3n) is 12.6. The molecule has 1 aliphatic heterocycles. The third kappa shape index (κ3) is 20.7. The highest BCUT2D eigenvalue weighted by atomic mass is 16.7. The van der Waals surface area contributed by atoms with E-state index in [0.717, 1.165) is 76.4 Å². The van der Waals surface area contributed by atoms with Gasteiger partial charge in [0.15, 0.2) is 6.29 Å². The van der Waals surface area contributed by atoms with E-state index in [9.17, 15) is 28.8 Å². The lowest BCUT2D eigenvalue weighted by atomic mass is 9.82. The molecule has 1 unspecified atom stereocenters. The maximum absolute atomic E-state index is 13.3. The van der Waals surface area contributed by atoms with Crippen LogP contribution < -0.4 is 18.9 Å². The van der Waals surface area contributed by atoms with Crippen LogP contribution in [-0.2, 0) is 57.2 Å². The van der Waals surface area contributed by atoms with Crippen LogP contribution in [0.1, 0.15) is 122 Å². The van der Waals surface area contributed by atoms with Gasteiger partial charge in [-0.15, -0.1) is 0 Å². The molecule has 3 fully saturated rings. The van der Waals surface area contributed by atoms with E-state index in [2.05, 4.69) is 13.2 Å². The lowest BCUT2D eigenvalue weighted by Crippen LogP contribution is -2.37. The molecule has 2 saturated carbocycles. The van der Waals surface area contributed by atoms with Crippen LogP contribution >= 0.6 is 0 Å². The summed E-state index contributed by atoms with van der Waals surface area (Å²) in [5.74, 6) is -1.57. The standard InChI is InChI=1S/C54H72O16/c1-3-48(55)63-34-12-7-5-10-32-61-43-24-28-45(29-25-43)69-53(59)41-20-16-39(17-21-41)51(57)66-37-47(68-50-15-9-14-36-65-50)38-67-52(58)40-18-22-42(23-19-40)54(60)70-46-30-26-44(27-31-46)62-33-11-6-8-13-35-64-49(56)4-2/h3-4,24-31,39-42,47,50H,1-2,5-23,32-38H2. The number of hydrogen-bond acceptors (Lipinski definition) is 16. The van der Waals surface area contributed by atoms with Gasteiger partial charge in [-0.05, 0) is 171 Å². The lowest BCUT2D eigenvalue weighted by molar-refractivity contribution is -0.211. The predicted octanol–water partition coefficient (Wildman–Crippen LogP) is 9.15. The molecular formula is C54H72O16. The Hall–Kier alpha value is -5.74. The second-order valence-electron chi connectivity index (χ2n) is 18.0. The van der Waals surface area contributed by atoms with Gasteiger partial charge < -0.3 is 47.4 Å². The van der Waals surface area contributed by atoms with Crippen molar-refractivity contribution in [1.29, 1.82) is 0 Å². The van der Waals surface area contributed by atoms with Crippen molar-refractivity contribution in [3.63, 3.8) is 0 Å². The molecule has 0 aromatic heterocycles. The van der Waals surface area contributed by atoms with E-state index in [1.54, 1.807) is 48.5 Å². The van der Waals surface area contributed by atoms with Crippen LogP contribution in [0, 0.1) is 23.7 Å². The van der Waals surface area contributed by atoms with Crippen molar-refractivity contribution < 1.29 is 76.1 Å². The first-order valence-electron chi connectivity index (χ1n) is 25.2. The summed E-state index contributed by atoms with van der Waals surface area (Å²) in [5.41, 5.74) is 0. The normalized spacial score (nSPS) is 20.4. The SMILES string of the molecule is C=CC(=O)OCCCCCCOc1ccc(OC(=O)C2CCC(C(=O)OCC(COC(=O)C3CCC(C(=O)Oc4ccc(OCCCCCCOC(=O)C=C)cc4)CC3)OC3CCCCO3)CC2)cc1. The molecule has 2 aromatic carbocycles. The Morgan fingerprint density at radius 2 is 0.843 bits per heavy atom. The molecule has 0 spiro atoms. The number of hydrogen-bond donors (Lipinski definition) is 0. The second kappa shape index (κ2) is 31.5. The molecule has 70 heavy (non-hydrogen) atoms. The van der Waals surface area contributed by atoms with Crippen LogP contribution in [-0.4, -0.2) is 94.5 Å². The van der Waals surface area contributed by atoms with Crippen LogP contribution in [0.5, 0.6) is 23.0 Å². The molecular weight excluding hydrogens is 905 g/mol. The first kappa shape index (κ1) is 55.2. The minimum atomic E-state index is -0.735. The number of rotatable bonds is 30. The zero-order valence-corrected chi connectivity index (χ0v) is 40.6. The number of ether oxygens (including phenoxy) is 10. The van der Waals surface area contributed by atoms with Crippen molar-refractivity contribution in [3.8, 4) is 23.0 Å². The van der Waals surface area contributed by atoms with Crippen LogP contribution in [0.2, 0.25) is 0 Å². The van der Waals surface area contributed by atoms with E-state index in [1.807, 2.05) is 0 Å². The lowest BCUT2D eigenvalue weighted by Gasteiger charge is -2.30. The van der Waals surface area contributed by atoms with Crippen molar-refractivity contribution in [2.45, 2.75) is 134 Å². The number of carbonyl (C=O) groups is 6. The Morgan fingerprint density at radius 3 is 1.21 bits per heavy atom. The number of carbonyl (C=O) groups excluding carboxylic acids is 6. The number of esters is 6. The van der Waals surface area contributed by atoms with Gasteiger partial charge in [-0.1, -0.05) is 13.2 Å². The van der Waals surface area contributed by atoms with Crippen molar-refractivity contribution in [2.24, 2.45) is 23.7 Å². The van der Waals surface area contributed by atoms with E-state index in [1.165, 1.54) is 0 Å². The molecule has 3 aliphatic rings. The highest BCUT2D eigenvalue weighted by Gasteiger charge is 2.35. The maximum atomic E-state index is 13.3. The monoisotopic (exact) mass is 976 g/mol. The van der Waals surface area contributed by atoms with Crippen LogP contribution in [0.4, 0.5) is 0 Å². The highest BCUT2D eigenvalue weighted by Crippen LogP contribution is 2.33. The number of benzene rings is 2. The van der Waals surface area contributed by atoms with Gasteiger partial charge in [-0.25, -0.2) is 9.59 Å². The molecule has 1 atom stereocenters. The average molecular weight is 977 g/mol. The molecule has 0 radical (unpaired) electrons. The summed E-state index contributed by atoms with van der Waals surface area (Å²) in [6, 6.07) is 13.8. The van der Waals surface area contributed by atoms with E-state index in [-0.39, 0.29) is 60.8 Å². The molecule has 1 heterocycles. The van der Waals surface area contributed by atoms with Gasteiger partial charge in [0, 0.05) is 18.8 Å². The summed E-state index contributed by atoms with van der Waals surface area (Å²) in [6.07, 6.45) is 14.4. The Balaban J connectivity index is 0.950. The molecule has 5 rings (SSSR count). The Bertz CT molecular complexity index is 1800. The zero-order valence-electron chi connectivity index (χ0n) is 40.6. The fourth-order valence-corrected chi connectivity index (χ4v) is 8.44. The molecule has 0 amide bonds. The Morgan fingerprint density at radius 1 is 0.471 bits per heavy atom. The smallest absolute Gasteiger partial charge is 0.330 e. The van der Waals surface area contributed by atoms with Gasteiger partial charge in [0.05, 0.1) is 50.1 Å². The summed E-state index contributed by atoms with van der Waals surface area (Å²) in [4.78, 5) is 74.8. The van der Waals surface area contributed by atoms with Crippen LogP contribution in [0.3, 0.4) is 0 Å². The van der Waals surface area contributed by atoms with Crippen molar-refractivity contribution in [3.05, 3.63) is 73.8 Å². The van der Waals surface area contributed by atoms with Crippen molar-refractivity contribution >= 4 is 35.8 Å². The largest absolute Gasteiger partial charge is 0.494 e. The molecule has 1 saturated heterocycles. The van der Waals surface area contributed by atoms with E-state index in [0.29, 0.717) is 114 Å². The summed E-state index contributed by atoms with van der Waals surface area (Å²) in [6.45, 7) is 8.91. The van der Waals surface area contributed by atoms with Gasteiger partial charge in [0.2, 0.25) is 0 Å². The molecule has 384 valence electrons. The topological polar surface area (TPSA) is 195 Å². The molecule has 16 nitrogen and oxygen atoms in total. The summed E-state index contributed by atoms with van der Waals surface area (Å²) in [5, 5.41) is 0. The molecule has 0 bridgehead atoms. The van der Waals surface area contributed by atoms with Gasteiger partial charge in [-0.2, -0.15) is 0 Å². The van der Waals surface area contributed by atoms with E-state index >= 15 is 0 Å². The maximum Gasteiger partial charge on any atom is 0.330 e. The van der Waals surface area contributed by atoms with Gasteiger partial charge >= 0.3 is 35.8 Å². The minimum Gasteiger partial charge on any atom is -0.494 e. The Labute approximate surface area is 412 Å². The van der Waals surface area contributed by atoms with Gasteiger partial charge in [0.1, 0.15) is 42.3 Å². The second-order valence-corrected chi connectivity index (χ2v) is 18.0. The van der Waals surface area contributed by atoms with Crippen molar-refractivity contribution in [2.75, 3.05) is 46.2 Å². The highest BCUT2D eigenvalue weighted by molar-refractivity contribution is 5.81. The molecule has 16 heteroatoms. The fourth-order valence-electron chi connectivity index (χ4n) is 8.44. The summed E-state index contributed by atoms with van der Waals surface area (Å²) < 4.78 is 56.3. The molecule has 0 N–H and O–H groups in total. The van der Waals surface area contributed by atoms with Gasteiger partial charge in [-0.3, -0.25) is 19.2 Å². The van der Waals surface area contributed by atoms with Crippen LogP contribution in [0.15, 0.2) is 73.8 Å². The Kier molecular flexibility index (Phi) is 24.8. The molecule has 2 aromatic rings. The van der Waals surface area contributed by atoms with Gasteiger partial charge in [0.25, 0.3) is 0 Å². The minimum absolute atomic E-state index is 0.119. The zero-order chi connectivity index (χ0) is 49.8. The summed E-state index contributed by atoms with van der Waals surface area (Å²) in [7, 11) is 0. The molecule has 2 aliphatic carbocycles. The quantitative estimate of drug-likeness (QED) is 0.0236. The van der Waals surface area contributed by atoms with Crippen molar-refractivity contribution in [1.82, 2.24) is 0 Å². The van der Waals surface area contributed by atoms with Crippen LogP contribution in [0.25, 0.3) is 0 Å².